The minimum absolute atomic E-state index is 0.0329. The summed E-state index contributed by atoms with van der Waals surface area (Å²) in [7, 11) is -5.69. The number of hydrogen-bond donors (Lipinski definition) is 11. The van der Waals surface area contributed by atoms with E-state index in [0.717, 1.165) is 89.9 Å². The molecule has 0 radical (unpaired) electrons. The Bertz CT molecular complexity index is 2100. The number of hydrogen-bond acceptors (Lipinski definition) is 23. The second-order valence-corrected chi connectivity index (χ2v) is 30.9. The molecule has 3 fully saturated rings. The monoisotopic (exact) mass is 1480 g/mol. The summed E-state index contributed by atoms with van der Waals surface area (Å²) in [5, 5.41) is 110. The maximum absolute atomic E-state index is 14.4. The highest BCUT2D eigenvalue weighted by Crippen LogP contribution is 2.49. The molecule has 11 N–H and O–H groups in total. The Balaban J connectivity index is 1.69. The van der Waals surface area contributed by atoms with E-state index in [1.165, 1.54) is 193 Å². The lowest BCUT2D eigenvalue weighted by molar-refractivity contribution is -0.360. The molecule has 0 bridgehead atoms. The molecule has 602 valence electrons. The average Bonchev–Trinajstić information content (AvgIpc) is 0.761. The van der Waals surface area contributed by atoms with Gasteiger partial charge in [0.2, 0.25) is 0 Å². The third kappa shape index (κ3) is 41.0. The van der Waals surface area contributed by atoms with Gasteiger partial charge in [0.05, 0.1) is 13.2 Å². The number of carbonyl (C=O) groups is 3. The Morgan fingerprint density at radius 3 is 0.961 bits per heavy atom. The highest BCUT2D eigenvalue weighted by molar-refractivity contribution is 7.47. The molecule has 2 aliphatic heterocycles. The van der Waals surface area contributed by atoms with Crippen LogP contribution in [0.5, 0.6) is 0 Å². The molecule has 24 nitrogen and oxygen atoms in total. The van der Waals surface area contributed by atoms with Gasteiger partial charge in [-0.1, -0.05) is 303 Å². The van der Waals surface area contributed by atoms with Gasteiger partial charge >= 0.3 is 25.7 Å². The zero-order chi connectivity index (χ0) is 74.6. The first-order chi connectivity index (χ1) is 49.3. The summed E-state index contributed by atoms with van der Waals surface area (Å²) in [6, 6.07) is 0. The molecule has 2 heterocycles. The summed E-state index contributed by atoms with van der Waals surface area (Å²) in [6.45, 7) is 3.51. The van der Waals surface area contributed by atoms with Crippen LogP contribution < -0.4 is 0 Å². The molecule has 2 saturated heterocycles. The summed E-state index contributed by atoms with van der Waals surface area (Å²) in [5.41, 5.74) is 0. The Labute approximate surface area is 612 Å². The molecule has 0 aromatic rings. The van der Waals surface area contributed by atoms with Crippen molar-refractivity contribution in [3.8, 4) is 0 Å². The predicted octanol–water partition coefficient (Wildman–Crippen LogP) is 12.5. The molecule has 102 heavy (non-hydrogen) atoms. The first kappa shape index (κ1) is 94.2. The van der Waals surface area contributed by atoms with Gasteiger partial charge < -0.3 is 89.1 Å². The van der Waals surface area contributed by atoms with Crippen molar-refractivity contribution in [2.75, 3.05) is 26.4 Å². The van der Waals surface area contributed by atoms with E-state index in [9.17, 15) is 74.9 Å². The van der Waals surface area contributed by atoms with Crippen LogP contribution in [0.2, 0.25) is 0 Å². The second kappa shape index (κ2) is 58.9. The molecule has 3 rings (SSSR count). The van der Waals surface area contributed by atoms with Crippen molar-refractivity contribution in [1.29, 1.82) is 0 Å². The fourth-order valence-electron chi connectivity index (χ4n) is 13.8. The van der Waals surface area contributed by atoms with E-state index < -0.39 is 156 Å². The SMILES string of the molecule is CCCCCCCCCCCCCCCCCCCC(=O)OCC(COP(=O)(O)OC1C(OC2OC(CO)C(O)C(O)C2O)C(O)C(O)C(O)C1OC1OC(COC(=O)CCCCCCCCCCCCCCCCCC)C(O)C(O)C1O)OC(=O)CCCCCCCCCCCCCCCC. The molecule has 0 spiro atoms. The minimum Gasteiger partial charge on any atom is -0.463 e. The Kier molecular flexibility index (Phi) is 54.4. The van der Waals surface area contributed by atoms with Crippen molar-refractivity contribution >= 4 is 25.7 Å². The normalized spacial score (nSPS) is 27.0. The van der Waals surface area contributed by atoms with Crippen molar-refractivity contribution in [3.05, 3.63) is 0 Å². The smallest absolute Gasteiger partial charge is 0.463 e. The van der Waals surface area contributed by atoms with Gasteiger partial charge in [0, 0.05) is 19.3 Å². The topological polar surface area (TPSA) is 374 Å². The van der Waals surface area contributed by atoms with E-state index >= 15 is 0 Å². The fourth-order valence-corrected chi connectivity index (χ4v) is 14.7. The lowest BCUT2D eigenvalue weighted by Gasteiger charge is -2.49. The molecule has 3 aliphatic rings. The van der Waals surface area contributed by atoms with Crippen LogP contribution in [-0.2, 0) is 61.2 Å². The van der Waals surface area contributed by atoms with Gasteiger partial charge in [0.25, 0.3) is 0 Å². The van der Waals surface area contributed by atoms with Crippen LogP contribution in [0.15, 0.2) is 0 Å². The van der Waals surface area contributed by atoms with Crippen LogP contribution in [0.3, 0.4) is 0 Å². The van der Waals surface area contributed by atoms with E-state index in [0.29, 0.717) is 19.3 Å². The number of aliphatic hydroxyl groups is 10. The van der Waals surface area contributed by atoms with Gasteiger partial charge in [-0.15, -0.1) is 0 Å². The fraction of sp³-hybridized carbons (Fsp3) is 0.961. The summed E-state index contributed by atoms with van der Waals surface area (Å²) in [6.07, 6.45) is 18.5. The van der Waals surface area contributed by atoms with E-state index in [-0.39, 0.29) is 19.3 Å². The van der Waals surface area contributed by atoms with Gasteiger partial charge in [-0.05, 0) is 19.3 Å². The number of esters is 3. The molecule has 18 atom stereocenters. The van der Waals surface area contributed by atoms with Crippen LogP contribution in [-0.4, -0.2) is 204 Å². The van der Waals surface area contributed by atoms with E-state index in [2.05, 4.69) is 20.8 Å². The van der Waals surface area contributed by atoms with E-state index in [4.69, 9.17) is 42.2 Å². The molecule has 0 aromatic heterocycles. The Morgan fingerprint density at radius 1 is 0.343 bits per heavy atom. The first-order valence-corrected chi connectivity index (χ1v) is 42.3. The van der Waals surface area contributed by atoms with E-state index in [1.807, 2.05) is 0 Å². The predicted molar refractivity (Wildman–Crippen MR) is 389 cm³/mol. The van der Waals surface area contributed by atoms with Crippen molar-refractivity contribution in [1.82, 2.24) is 0 Å². The summed E-state index contributed by atoms with van der Waals surface area (Å²) < 4.78 is 65.2. The molecule has 1 saturated carbocycles. The van der Waals surface area contributed by atoms with Gasteiger partial charge in [0.1, 0.15) is 98.7 Å². The highest BCUT2D eigenvalue weighted by atomic mass is 31.2. The van der Waals surface area contributed by atoms with E-state index in [1.54, 1.807) is 0 Å². The van der Waals surface area contributed by atoms with Crippen molar-refractivity contribution in [3.63, 3.8) is 0 Å². The van der Waals surface area contributed by atoms with Crippen molar-refractivity contribution in [2.24, 2.45) is 0 Å². The summed E-state index contributed by atoms with van der Waals surface area (Å²) in [4.78, 5) is 51.2. The second-order valence-electron chi connectivity index (χ2n) is 29.5. The third-order valence-corrected chi connectivity index (χ3v) is 21.4. The van der Waals surface area contributed by atoms with Crippen molar-refractivity contribution < 1.29 is 117 Å². The zero-order valence-corrected chi connectivity index (χ0v) is 64.1. The number of phosphoric ester groups is 1. The highest BCUT2D eigenvalue weighted by Gasteiger charge is 2.58. The number of aliphatic hydroxyl groups excluding tert-OH is 10. The van der Waals surface area contributed by atoms with Crippen molar-refractivity contribution in [2.45, 2.75) is 446 Å². The van der Waals surface area contributed by atoms with Crippen LogP contribution in [0, 0.1) is 0 Å². The molecular weight excluding hydrogens is 1340 g/mol. The van der Waals surface area contributed by atoms with Crippen LogP contribution >= 0.6 is 7.82 Å². The summed E-state index contributed by atoms with van der Waals surface area (Å²) in [5.74, 6) is -1.97. The third-order valence-electron chi connectivity index (χ3n) is 20.4. The Hall–Kier alpha value is -2.04. The van der Waals surface area contributed by atoms with Gasteiger partial charge in [0.15, 0.2) is 18.7 Å². The average molecular weight is 1490 g/mol. The molecular formula is C77H145O24P. The molecule has 1 aliphatic carbocycles. The first-order valence-electron chi connectivity index (χ1n) is 40.8. The Morgan fingerprint density at radius 2 is 0.627 bits per heavy atom. The van der Waals surface area contributed by atoms with Crippen LogP contribution in [0.4, 0.5) is 0 Å². The van der Waals surface area contributed by atoms with Crippen LogP contribution in [0.1, 0.15) is 342 Å². The van der Waals surface area contributed by atoms with Gasteiger partial charge in [-0.25, -0.2) is 4.57 Å². The van der Waals surface area contributed by atoms with Gasteiger partial charge in [-0.2, -0.15) is 0 Å². The number of unbranched alkanes of at least 4 members (excludes halogenated alkanes) is 44. The number of ether oxygens (including phenoxy) is 7. The molecule has 18 unspecified atom stereocenters. The van der Waals surface area contributed by atoms with Crippen LogP contribution in [0.25, 0.3) is 0 Å². The molecule has 0 aromatic carbocycles. The number of phosphoric acid groups is 1. The maximum Gasteiger partial charge on any atom is 0.472 e. The summed E-state index contributed by atoms with van der Waals surface area (Å²) >= 11 is 0. The number of carbonyl (C=O) groups excluding carboxylic acids is 3. The zero-order valence-electron chi connectivity index (χ0n) is 63.2. The lowest BCUT2D eigenvalue weighted by Crippen LogP contribution is -2.69. The largest absolute Gasteiger partial charge is 0.472 e. The quantitative estimate of drug-likeness (QED) is 0.0117. The number of rotatable bonds is 65. The lowest BCUT2D eigenvalue weighted by atomic mass is 9.84. The van der Waals surface area contributed by atoms with Gasteiger partial charge in [-0.3, -0.25) is 23.4 Å². The molecule has 25 heteroatoms. The minimum atomic E-state index is -5.69. The maximum atomic E-state index is 14.4. The molecule has 0 amide bonds. The standard InChI is InChI=1S/C77H145O24P/c1-4-7-10-13-16-19-22-25-28-30-32-35-36-39-42-45-48-51-61(79)93-55-58(96-63(81)53-50-47-44-41-38-33-27-24-21-18-15-12-9-6-3)56-95-102(91,92)101-75-73(99-76-71(89)66(84)64(82)59(54-78)97-76)69(87)68(86)70(88)74(75)100-77-72(90)67(85)65(83)60(98-77)57-94-62(80)52-49-46-43-40-37-34-31-29-26-23-20-17-14-11-8-5-2/h58-60,64-78,82-90H,4-57H2,1-3H3,(H,91,92).